The van der Waals surface area contributed by atoms with Crippen LogP contribution in [0.5, 0.6) is 5.75 Å². The Morgan fingerprint density at radius 1 is 0.941 bits per heavy atom. The molecule has 2 aromatic carbocycles. The molecule has 3 N–H and O–H groups in total. The number of aryl methyl sites for hydroxylation is 2. The van der Waals surface area contributed by atoms with Gasteiger partial charge in [-0.1, -0.05) is 40.9 Å². The third-order valence-electron chi connectivity index (χ3n) is 8.39. The number of benzene rings is 2. The van der Waals surface area contributed by atoms with Crippen LogP contribution in [-0.4, -0.2) is 23.5 Å². The van der Waals surface area contributed by atoms with Gasteiger partial charge < -0.3 is 15.7 Å². The average molecular weight is 503 g/mol. The summed E-state index contributed by atoms with van der Waals surface area (Å²) in [5, 5.41) is 15.7. The van der Waals surface area contributed by atoms with Crippen LogP contribution in [0.4, 0.5) is 5.69 Å². The Morgan fingerprint density at radius 2 is 1.65 bits per heavy atom. The lowest BCUT2D eigenvalue weighted by molar-refractivity contribution is -0.119. The first-order valence-corrected chi connectivity index (χ1v) is 12.6. The molecule has 2 aromatic rings. The number of rotatable bonds is 4. The molecule has 1 spiro atoms. The number of carbonyl (C=O) groups excluding carboxylic acids is 2. The summed E-state index contributed by atoms with van der Waals surface area (Å²) in [4.78, 5) is 20.7. The number of halogens is 2. The Labute approximate surface area is 211 Å². The van der Waals surface area contributed by atoms with E-state index in [1.54, 1.807) is 13.0 Å². The van der Waals surface area contributed by atoms with E-state index in [9.17, 15) is 9.59 Å². The first kappa shape index (κ1) is 24.9. The summed E-state index contributed by atoms with van der Waals surface area (Å²) in [6.45, 7) is 3.75. The first-order chi connectivity index (χ1) is 16.2. The molecular weight excluding hydrogens is 471 g/mol. The van der Waals surface area contributed by atoms with Gasteiger partial charge in [-0.05, 0) is 105 Å². The van der Waals surface area contributed by atoms with Crippen molar-refractivity contribution in [3.05, 3.63) is 57.6 Å². The Kier molecular flexibility index (Phi) is 7.16. The minimum atomic E-state index is 0.103. The van der Waals surface area contributed by atoms with Crippen molar-refractivity contribution in [3.8, 4) is 5.75 Å². The Hall–Kier alpha value is -2.24. The Balaban J connectivity index is 0.000000125. The van der Waals surface area contributed by atoms with E-state index < -0.39 is 0 Å². The zero-order valence-electron chi connectivity index (χ0n) is 19.6. The van der Waals surface area contributed by atoms with Gasteiger partial charge in [0.2, 0.25) is 12.8 Å². The molecule has 4 saturated carbocycles. The third-order valence-corrected chi connectivity index (χ3v) is 8.89. The highest BCUT2D eigenvalue weighted by Crippen LogP contribution is 2.76. The Morgan fingerprint density at radius 3 is 2.29 bits per heavy atom. The predicted octanol–water partition coefficient (Wildman–Crippen LogP) is 6.27. The van der Waals surface area contributed by atoms with E-state index in [-0.39, 0.29) is 11.3 Å². The highest BCUT2D eigenvalue weighted by Gasteiger charge is 2.74. The van der Waals surface area contributed by atoms with Crippen molar-refractivity contribution in [2.24, 2.45) is 23.2 Å². The molecule has 34 heavy (non-hydrogen) atoms. The van der Waals surface area contributed by atoms with Gasteiger partial charge in [-0.3, -0.25) is 9.59 Å². The maximum Gasteiger partial charge on any atom is 0.211 e. The van der Waals surface area contributed by atoms with E-state index in [1.165, 1.54) is 50.2 Å². The fourth-order valence-corrected chi connectivity index (χ4v) is 7.76. The van der Waals surface area contributed by atoms with Crippen LogP contribution in [0, 0.1) is 37.0 Å². The van der Waals surface area contributed by atoms with E-state index in [4.69, 9.17) is 28.3 Å². The largest absolute Gasteiger partial charge is 0.506 e. The monoisotopic (exact) mass is 502 g/mol. The van der Waals surface area contributed by atoms with Crippen LogP contribution in [0.25, 0.3) is 0 Å². The number of anilines is 1. The summed E-state index contributed by atoms with van der Waals surface area (Å²) in [6, 6.07) is 10.8. The molecule has 0 aliphatic heterocycles. The molecule has 5 nitrogen and oxygen atoms in total. The van der Waals surface area contributed by atoms with Crippen molar-refractivity contribution in [1.82, 2.24) is 5.32 Å². The number of fused-ring (bicyclic) bond motifs is 2. The number of phenolic OH excluding ortho intramolecular Hbond substituents is 1. The smallest absolute Gasteiger partial charge is 0.211 e. The molecule has 0 aromatic heterocycles. The van der Waals surface area contributed by atoms with E-state index in [0.29, 0.717) is 27.4 Å². The number of nitrogens with one attached hydrogen (secondary N) is 2. The maximum atomic E-state index is 10.7. The second kappa shape index (κ2) is 9.79. The van der Waals surface area contributed by atoms with Crippen LogP contribution < -0.4 is 10.6 Å². The zero-order valence-corrected chi connectivity index (χ0v) is 21.1. The standard InChI is InChI=1S/C12H17NO.C8H9NO.C7H6Cl2O/c14-7-13-12-5-9-1-8-2-10(6-12)11(12,3-8)4-9;1-7-2-4-8(5-3-7)9-6-10;1-4-2-5(8)3-6(9)7(4)10/h7-10H,1-6H2,(H,13,14);2-6H,1H3,(H,9,10);2-3,10H,1H3. The third kappa shape index (κ3) is 4.52. The van der Waals surface area contributed by atoms with Crippen molar-refractivity contribution in [2.45, 2.75) is 57.9 Å². The van der Waals surface area contributed by atoms with E-state index >= 15 is 0 Å². The fraction of sp³-hybridized carbons (Fsp3) is 0.481. The molecule has 5 unspecified atom stereocenters. The summed E-state index contributed by atoms with van der Waals surface area (Å²) < 4.78 is 0. The predicted molar refractivity (Wildman–Crippen MR) is 136 cm³/mol. The second-order valence-electron chi connectivity index (χ2n) is 10.4. The first-order valence-electron chi connectivity index (χ1n) is 11.8. The number of aromatic hydroxyl groups is 1. The molecule has 4 fully saturated rings. The van der Waals surface area contributed by atoms with Gasteiger partial charge in [0.25, 0.3) is 0 Å². The molecule has 0 saturated heterocycles. The van der Waals surface area contributed by atoms with E-state index in [0.717, 1.165) is 29.9 Å². The molecule has 0 radical (unpaired) electrons. The van der Waals surface area contributed by atoms with Crippen LogP contribution in [0.1, 0.15) is 49.7 Å². The van der Waals surface area contributed by atoms with Gasteiger partial charge in [-0.15, -0.1) is 0 Å². The van der Waals surface area contributed by atoms with Gasteiger partial charge in [0.05, 0.1) is 5.02 Å². The minimum absolute atomic E-state index is 0.103. The number of hydrogen-bond donors (Lipinski definition) is 3. The SMILES string of the molecule is Cc1cc(Cl)cc(Cl)c1O.Cc1ccc(NC=O)cc1.O=CNC12CC3CC4CC(C1)C2(C4)C3. The molecule has 3 bridgehead atoms. The topological polar surface area (TPSA) is 78.4 Å². The van der Waals surface area contributed by atoms with E-state index in [1.807, 2.05) is 31.2 Å². The van der Waals surface area contributed by atoms with E-state index in [2.05, 4.69) is 10.6 Å². The van der Waals surface area contributed by atoms with Gasteiger partial charge >= 0.3 is 0 Å². The van der Waals surface area contributed by atoms with Crippen LogP contribution in [0.2, 0.25) is 10.0 Å². The summed E-state index contributed by atoms with van der Waals surface area (Å²) in [5.74, 6) is 3.02. The van der Waals surface area contributed by atoms with Crippen molar-refractivity contribution in [2.75, 3.05) is 5.32 Å². The van der Waals surface area contributed by atoms with Crippen LogP contribution >= 0.6 is 23.2 Å². The minimum Gasteiger partial charge on any atom is -0.506 e. The highest BCUT2D eigenvalue weighted by molar-refractivity contribution is 6.35. The summed E-state index contributed by atoms with van der Waals surface area (Å²) in [7, 11) is 0. The molecule has 4 aliphatic rings. The molecule has 2 amide bonds. The molecule has 4 aliphatic carbocycles. The number of hydrogen-bond acceptors (Lipinski definition) is 3. The van der Waals surface area contributed by atoms with Crippen molar-refractivity contribution >= 4 is 41.7 Å². The van der Waals surface area contributed by atoms with Gasteiger partial charge in [0.15, 0.2) is 0 Å². The van der Waals surface area contributed by atoms with Crippen molar-refractivity contribution in [3.63, 3.8) is 0 Å². The van der Waals surface area contributed by atoms with Gasteiger partial charge in [0, 0.05) is 16.2 Å². The molecular formula is C27H32Cl2N2O3. The summed E-state index contributed by atoms with van der Waals surface area (Å²) in [5.41, 5.74) is 3.55. The second-order valence-corrected chi connectivity index (χ2v) is 11.2. The molecule has 6 rings (SSSR count). The number of carbonyl (C=O) groups is 2. The average Bonchev–Trinajstić information content (AvgIpc) is 3.10. The molecule has 182 valence electrons. The lowest BCUT2D eigenvalue weighted by Gasteiger charge is -2.58. The lowest BCUT2D eigenvalue weighted by atomic mass is 9.51. The summed E-state index contributed by atoms with van der Waals surface area (Å²) >= 11 is 11.2. The zero-order chi connectivity index (χ0) is 24.5. The van der Waals surface area contributed by atoms with Crippen molar-refractivity contribution in [1.29, 1.82) is 0 Å². The van der Waals surface area contributed by atoms with Crippen LogP contribution in [-0.2, 0) is 9.59 Å². The quantitative estimate of drug-likeness (QED) is 0.430. The molecule has 0 heterocycles. The van der Waals surface area contributed by atoms with Gasteiger partial charge in [0.1, 0.15) is 5.75 Å². The highest BCUT2D eigenvalue weighted by atomic mass is 35.5. The van der Waals surface area contributed by atoms with Crippen LogP contribution in [0.3, 0.4) is 0 Å². The molecule has 7 heteroatoms. The summed E-state index contributed by atoms with van der Waals surface area (Å²) in [6.07, 6.45) is 9.99. The Bertz CT molecular complexity index is 1030. The lowest BCUT2D eigenvalue weighted by Crippen LogP contribution is -2.65. The molecule has 5 atom stereocenters. The fourth-order valence-electron chi connectivity index (χ4n) is 7.17. The van der Waals surface area contributed by atoms with Crippen molar-refractivity contribution < 1.29 is 14.7 Å². The van der Waals surface area contributed by atoms with Gasteiger partial charge in [-0.25, -0.2) is 0 Å². The number of phenols is 1. The number of amides is 2. The normalized spacial score (nSPS) is 31.1. The van der Waals surface area contributed by atoms with Gasteiger partial charge in [-0.2, -0.15) is 0 Å². The maximum absolute atomic E-state index is 10.7. The van der Waals surface area contributed by atoms with Crippen LogP contribution in [0.15, 0.2) is 36.4 Å².